The number of phenolic OH excluding ortho intramolecular Hbond substituents is 1. The van der Waals surface area contributed by atoms with E-state index in [2.05, 4.69) is 62.4 Å². The molecule has 4 aromatic carbocycles. The van der Waals surface area contributed by atoms with E-state index in [0.29, 0.717) is 136 Å². The van der Waals surface area contributed by atoms with Gasteiger partial charge in [0.1, 0.15) is 30.3 Å². The lowest BCUT2D eigenvalue weighted by molar-refractivity contribution is -0.150. The van der Waals surface area contributed by atoms with Gasteiger partial charge < -0.3 is 99.3 Å². The van der Waals surface area contributed by atoms with Gasteiger partial charge in [0.15, 0.2) is 5.78 Å². The second-order valence-electron chi connectivity index (χ2n) is 39.4. The molecule has 36 heteroatoms. The number of imide groups is 1. The number of allylic oxidation sites excluding steroid dienone is 1. The third-order valence-electron chi connectivity index (χ3n) is 29.2. The monoisotopic (exact) mass is 1960 g/mol. The number of benzene rings is 4. The minimum Gasteiger partial charge on any atom is -0.508 e. The van der Waals surface area contributed by atoms with E-state index in [0.717, 1.165) is 132 Å². The summed E-state index contributed by atoms with van der Waals surface area (Å²) in [5, 5.41) is 29.5. The van der Waals surface area contributed by atoms with Crippen LogP contribution in [0.2, 0.25) is 0 Å². The van der Waals surface area contributed by atoms with Crippen molar-refractivity contribution in [2.45, 2.75) is 238 Å². The largest absolute Gasteiger partial charge is 0.508 e. The zero-order valence-corrected chi connectivity index (χ0v) is 83.5. The van der Waals surface area contributed by atoms with Gasteiger partial charge in [-0.05, 0) is 183 Å². The predicted octanol–water partition coefficient (Wildman–Crippen LogP) is 10.3. The highest BCUT2D eigenvalue weighted by Gasteiger charge is 2.59. The number of nitrogens with one attached hydrogen (secondary N) is 9. The molecule has 12 N–H and O–H groups in total. The van der Waals surface area contributed by atoms with Crippen molar-refractivity contribution < 1.29 is 110 Å². The summed E-state index contributed by atoms with van der Waals surface area (Å²) in [6.07, 6.45) is 13.0. The van der Waals surface area contributed by atoms with E-state index in [1.165, 1.54) is 5.56 Å². The zero-order valence-electron chi connectivity index (χ0n) is 82.7. The topological polar surface area (TPSA) is 442 Å². The summed E-state index contributed by atoms with van der Waals surface area (Å²) in [6.45, 7) is 19.8. The Morgan fingerprint density at radius 1 is 0.547 bits per heavy atom. The summed E-state index contributed by atoms with van der Waals surface area (Å²) in [4.78, 5) is 147. The van der Waals surface area contributed by atoms with Crippen LogP contribution in [-0.4, -0.2) is 248 Å². The Hall–Kier alpha value is -9.14. The predicted molar refractivity (Wildman–Crippen MR) is 523 cm³/mol. The Labute approximate surface area is 818 Å². The Morgan fingerprint density at radius 2 is 1.13 bits per heavy atom. The van der Waals surface area contributed by atoms with Crippen LogP contribution in [0.4, 0.5) is 11.4 Å². The lowest BCUT2D eigenvalue weighted by Gasteiger charge is -2.56. The Morgan fingerprint density at radius 3 is 1.76 bits per heavy atom. The maximum absolute atomic E-state index is 15.0. The number of carbonyl (C=O) groups is 9. The molecule has 0 bridgehead atoms. The molecule has 0 radical (unpaired) electrons. The first-order valence-corrected chi connectivity index (χ1v) is 52.1. The number of phenols is 1. The molecular weight excluding hydrogens is 1800 g/mol. The molecule has 766 valence electrons. The number of ether oxygens (including phenoxy) is 10. The van der Waals surface area contributed by atoms with E-state index >= 15 is 4.79 Å². The molecule has 3 aliphatic heterocycles. The van der Waals surface area contributed by atoms with Gasteiger partial charge >= 0.3 is 7.60 Å². The molecule has 7 amide bonds. The van der Waals surface area contributed by atoms with Crippen molar-refractivity contribution in [2.75, 3.05) is 162 Å². The molecule has 1 unspecified atom stereocenters. The fourth-order valence-electron chi connectivity index (χ4n) is 21.6. The number of rotatable bonds is 56. The Balaban J connectivity index is 0.570. The first-order valence-electron chi connectivity index (χ1n) is 50.3. The SMILES string of the molecule is CC(C)[C@H](NC(=O)[C@@H](CCCCNC(=O)COC1CCCCCC2=C1NNN2CCOCCOCCOCCOCCOCCP(=O)(O)O)NC(=O)CCOCCOCCOCCOCCCC(=O)CCC(=O)N1Cc2ccccc2C2=C(NNN2C)c2ccccc21)C(=O)C[C@@H](C)C(=O)Nc1ccc2c(c1)[C@@]1(C)CCC[C@](C)(C(=O)NC(=O)[C@@]3(C)CCC[C@]4(C)c5cc(O)ccc5CC[C@@H]34)[C@@H]1CC2. The summed E-state index contributed by atoms with van der Waals surface area (Å²) < 4.78 is 67.8. The van der Waals surface area contributed by atoms with Crippen LogP contribution in [0, 0.1) is 34.5 Å². The minimum absolute atomic E-state index is 0.0129. The molecule has 4 aromatic rings. The van der Waals surface area contributed by atoms with Crippen LogP contribution in [0.15, 0.2) is 96.3 Å². The molecule has 3 heterocycles. The van der Waals surface area contributed by atoms with Crippen molar-refractivity contribution in [3.63, 3.8) is 0 Å². The average Bonchev–Trinajstić information content (AvgIpc) is 1.49. The normalized spacial score (nSPS) is 22.2. The molecule has 35 nitrogen and oxygen atoms in total. The molecule has 0 saturated heterocycles. The number of aryl methyl sites for hydroxylation is 2. The quantitative estimate of drug-likeness (QED) is 0.0111. The number of aromatic hydroxyl groups is 1. The number of hydrazine groups is 4. The van der Waals surface area contributed by atoms with Crippen molar-refractivity contribution in [1.29, 1.82) is 0 Å². The van der Waals surface area contributed by atoms with Crippen LogP contribution < -0.4 is 53.4 Å². The fraction of sp³-hybridized carbons (Fsp3) is 0.641. The summed E-state index contributed by atoms with van der Waals surface area (Å²) in [5.41, 5.74) is 23.0. The Kier molecular flexibility index (Phi) is 41.2. The molecule has 2 fully saturated rings. The number of unbranched alkanes of at least 4 members (excludes halogenated alkanes) is 1. The molecule has 0 spiro atoms. The molecule has 8 aliphatic rings. The van der Waals surface area contributed by atoms with Crippen LogP contribution in [-0.2, 0) is 125 Å². The maximum atomic E-state index is 15.0. The number of ketones is 2. The second-order valence-corrected chi connectivity index (χ2v) is 41.2. The van der Waals surface area contributed by atoms with Gasteiger partial charge in [0, 0.05) is 75.0 Å². The van der Waals surface area contributed by atoms with E-state index in [9.17, 15) is 48.0 Å². The summed E-state index contributed by atoms with van der Waals surface area (Å²) in [5.74, 6) is -3.90. The molecule has 0 aromatic heterocycles. The highest BCUT2D eigenvalue weighted by Crippen LogP contribution is 2.60. The van der Waals surface area contributed by atoms with E-state index in [1.54, 1.807) is 31.7 Å². The standard InChI is InChI=1S/C103H151N12O23P/c1-70(2)92(85(118)65-71(3)96(122)105-75-33-29-72-31-36-87-100(4,80(72)66-75)40-19-42-102(87,6)98(124)108-99(125)103(7)43-20-41-101(5)81-67-77(117)34-30-73(81)32-37-88(101)103)107-97(123)82(25-16-17-44-104-90(120)69-138-86-28-11-9-10-27-84-94(86)110-112-115(84)45-48-131-51-54-134-57-58-135-59-60-136-61-62-137-63-64-139(126,127)128)106-89(119)39-47-130-50-53-133-56-55-132-52-49-129-46-18-22-76(116)35-38-91(121)114-68-74-21-12-13-23-78(74)95-93(109-111-113(95)8)79-24-14-15-26-83(79)114/h12-15,21,23-24,26,29-30,33-34,66-67,70-71,82,86-88,92,109-112,117H,9-11,16-20,22,25,27-28,31-32,35-65,68-69H2,1-8H3,(H,104,120)(H,105,122)(H,106,119)(H,107,123)(H,108,124,125)(H2,126,127,128)/t71-,82-,86?,87-,88-,92+,100-,101-,102+,103+/m1/s1. The number of anilines is 2. The summed E-state index contributed by atoms with van der Waals surface area (Å²) in [6, 6.07) is 25.2. The second kappa shape index (κ2) is 52.7. The molecule has 5 aliphatic carbocycles. The van der Waals surface area contributed by atoms with Gasteiger partial charge in [-0.15, -0.1) is 11.1 Å². The van der Waals surface area contributed by atoms with Gasteiger partial charge in [0.05, 0.1) is 177 Å². The van der Waals surface area contributed by atoms with E-state index in [4.69, 9.17) is 57.2 Å². The number of nitrogens with zero attached hydrogens (tertiary/aromatic N) is 3. The number of amides is 7. The lowest BCUT2D eigenvalue weighted by atomic mass is 9.49. The number of carbonyl (C=O) groups excluding carboxylic acids is 9. The molecule has 139 heavy (non-hydrogen) atoms. The van der Waals surface area contributed by atoms with Crippen molar-refractivity contribution >= 4 is 83.3 Å². The third-order valence-corrected chi connectivity index (χ3v) is 29.9. The smallest absolute Gasteiger partial charge is 0.327 e. The number of fused-ring (bicyclic) bond motifs is 10. The minimum atomic E-state index is -4.08. The number of para-hydroxylation sites is 1. The lowest BCUT2D eigenvalue weighted by Crippen LogP contribution is -2.60. The van der Waals surface area contributed by atoms with Gasteiger partial charge in [-0.25, -0.2) is 0 Å². The maximum Gasteiger partial charge on any atom is 0.327 e. The van der Waals surface area contributed by atoms with Crippen LogP contribution in [0.25, 0.3) is 11.4 Å². The van der Waals surface area contributed by atoms with Gasteiger partial charge in [-0.2, -0.15) is 0 Å². The Bertz CT molecular complexity index is 4940. The average molecular weight is 1960 g/mol. The number of Topliss-reactive ketones (excluding diaryl/α,β-unsaturated/α-hetero) is 2. The highest BCUT2D eigenvalue weighted by atomic mass is 31.2. The van der Waals surface area contributed by atoms with Crippen molar-refractivity contribution in [2.24, 2.45) is 34.5 Å². The van der Waals surface area contributed by atoms with Crippen LogP contribution in [0.5, 0.6) is 5.75 Å². The van der Waals surface area contributed by atoms with Gasteiger partial charge in [-0.3, -0.25) is 63.1 Å². The van der Waals surface area contributed by atoms with Gasteiger partial charge in [0.2, 0.25) is 41.4 Å². The molecule has 2 saturated carbocycles. The van der Waals surface area contributed by atoms with Crippen LogP contribution in [0.3, 0.4) is 0 Å². The van der Waals surface area contributed by atoms with Gasteiger partial charge in [-0.1, -0.05) is 129 Å². The molecule has 10 atom stereocenters. The number of hydrogen-bond acceptors (Lipinski definition) is 27. The van der Waals surface area contributed by atoms with E-state index < -0.39 is 65.5 Å². The molecule has 12 rings (SSSR count). The van der Waals surface area contributed by atoms with Gasteiger partial charge in [0.25, 0.3) is 0 Å². The fourth-order valence-corrected chi connectivity index (χ4v) is 22.0. The molecular formula is C103H151N12O23P. The van der Waals surface area contributed by atoms with Crippen molar-refractivity contribution in [3.05, 3.63) is 135 Å². The first-order chi connectivity index (χ1) is 66.9. The van der Waals surface area contributed by atoms with Crippen molar-refractivity contribution in [1.82, 2.24) is 53.2 Å². The zero-order chi connectivity index (χ0) is 99.1. The van der Waals surface area contributed by atoms with E-state index in [-0.39, 0.29) is 168 Å². The third kappa shape index (κ3) is 29.8. The van der Waals surface area contributed by atoms with Crippen molar-refractivity contribution in [3.8, 4) is 5.75 Å². The van der Waals surface area contributed by atoms with Crippen LogP contribution in [0.1, 0.15) is 229 Å². The number of hydrogen-bond donors (Lipinski definition) is 12. The van der Waals surface area contributed by atoms with Crippen LogP contribution >= 0.6 is 7.60 Å². The van der Waals surface area contributed by atoms with E-state index in [1.807, 2.05) is 110 Å². The summed E-state index contributed by atoms with van der Waals surface area (Å²) >= 11 is 0. The first kappa shape index (κ1) is 109. The highest BCUT2D eigenvalue weighted by molar-refractivity contribution is 7.51. The summed E-state index contributed by atoms with van der Waals surface area (Å²) in [7, 11) is -2.14.